The van der Waals surface area contributed by atoms with Crippen LogP contribution in [-0.2, 0) is 0 Å². The minimum Gasteiger partial charge on any atom is -0.466 e. The molecule has 115 heavy (non-hydrogen) atoms. The molecule has 0 saturated heterocycles. The van der Waals surface area contributed by atoms with Crippen molar-refractivity contribution in [2.24, 2.45) is 0 Å². The molecule has 0 aliphatic rings. The Morgan fingerprint density at radius 2 is 0.670 bits per heavy atom. The lowest BCUT2D eigenvalue weighted by atomic mass is 10.0. The van der Waals surface area contributed by atoms with E-state index in [1.54, 1.807) is 36.7 Å². The summed E-state index contributed by atoms with van der Waals surface area (Å²) < 4.78 is 58.1. The van der Waals surface area contributed by atoms with Gasteiger partial charge < -0.3 is 22.1 Å². The van der Waals surface area contributed by atoms with E-state index in [-0.39, 0.29) is 17.0 Å². The maximum Gasteiger partial charge on any atom is 0.229 e. The van der Waals surface area contributed by atoms with Crippen LogP contribution in [0.15, 0.2) is 326 Å². The van der Waals surface area contributed by atoms with Crippen molar-refractivity contribution >= 4 is 138 Å². The fourth-order valence-electron chi connectivity index (χ4n) is 14.1. The summed E-state index contributed by atoms with van der Waals surface area (Å²) in [5.41, 5.74) is 21.0. The van der Waals surface area contributed by atoms with Gasteiger partial charge in [0.25, 0.3) is 0 Å². The maximum atomic E-state index is 14.3. The summed E-state index contributed by atoms with van der Waals surface area (Å²) in [6.07, 6.45) is 8.95. The summed E-state index contributed by atoms with van der Waals surface area (Å²) in [7, 11) is 0. The van der Waals surface area contributed by atoms with Crippen molar-refractivity contribution in [3.8, 4) is 67.4 Å². The number of furan rings is 5. The Hall–Kier alpha value is -16.5. The van der Waals surface area contributed by atoms with E-state index in [1.807, 2.05) is 245 Å². The number of pyridine rings is 5. The number of aryl methyl sites for hydroxylation is 2. The third-order valence-electron chi connectivity index (χ3n) is 19.7. The summed E-state index contributed by atoms with van der Waals surface area (Å²) >= 11 is 0. The summed E-state index contributed by atoms with van der Waals surface area (Å²) in [5.74, 6) is -1.15. The molecule has 0 unspecified atom stereocenters. The molecular formula is C98H56F2N10O5. The van der Waals surface area contributed by atoms with Crippen molar-refractivity contribution in [2.75, 3.05) is 0 Å². The van der Waals surface area contributed by atoms with E-state index in [4.69, 9.17) is 54.9 Å². The number of hydrogen-bond donors (Lipinski definition) is 0. The molecule has 542 valence electrons. The number of fused-ring (bicyclic) bond motifs is 15. The molecule has 15 nitrogen and oxygen atoms in total. The molecule has 0 saturated carbocycles. The molecule has 21 aromatic rings. The average Bonchev–Trinajstić information content (AvgIpc) is 1.63. The number of rotatable bonds is 6. The van der Waals surface area contributed by atoms with Gasteiger partial charge in [0.15, 0.2) is 17.1 Å². The maximum absolute atomic E-state index is 14.3. The first kappa shape index (κ1) is 71.4. The Balaban J connectivity index is 0.000000104. The van der Waals surface area contributed by atoms with Crippen LogP contribution in [0.4, 0.5) is 37.2 Å². The second kappa shape index (κ2) is 30.9. The number of benzene rings is 11. The van der Waals surface area contributed by atoms with Gasteiger partial charge in [-0.3, -0.25) is 24.9 Å². The topological polar surface area (TPSA) is 152 Å². The molecule has 0 radical (unpaired) electrons. The minimum absolute atomic E-state index is 0.0362. The number of halogens is 2. The van der Waals surface area contributed by atoms with Gasteiger partial charge in [0.2, 0.25) is 22.7 Å². The van der Waals surface area contributed by atoms with E-state index in [0.717, 1.165) is 144 Å². The number of aromatic nitrogens is 5. The predicted octanol–water partition coefficient (Wildman–Crippen LogP) is 28.6. The SMILES string of the molecule is [C-]#[N+]c1cc2oc3c(-c4ccccn4)cccc3c2cc1F.[C-]#[N+]c1ccc2c(c1)oc1c(-c3ccc(C)cn3)cccc12.[C-]#[N+]c1ccc2c(oc3c(-c4ccccn4)cccc32)c1F.[C-]#[N+]c1cccc2c1oc1c(-c3cc(-c4ccccc4)ccn3)cccc12.[C-]#[N+]c1cccc2c1oc1c(-c3ccc(C)cn3)cccc12. The molecule has 10 aromatic heterocycles. The first-order valence-electron chi connectivity index (χ1n) is 36.2. The Morgan fingerprint density at radius 1 is 0.261 bits per heavy atom. The van der Waals surface area contributed by atoms with Crippen molar-refractivity contribution in [1.82, 2.24) is 24.9 Å². The van der Waals surface area contributed by atoms with Crippen LogP contribution >= 0.6 is 0 Å². The zero-order valence-corrected chi connectivity index (χ0v) is 61.1. The lowest BCUT2D eigenvalue weighted by molar-refractivity contribution is 0.588. The van der Waals surface area contributed by atoms with Gasteiger partial charge in [0, 0.05) is 113 Å². The highest BCUT2D eigenvalue weighted by molar-refractivity contribution is 6.16. The second-order valence-electron chi connectivity index (χ2n) is 26.7. The quantitative estimate of drug-likeness (QED) is 0.147. The van der Waals surface area contributed by atoms with Crippen molar-refractivity contribution in [3.63, 3.8) is 0 Å². The predicted molar refractivity (Wildman–Crippen MR) is 451 cm³/mol. The van der Waals surface area contributed by atoms with Crippen LogP contribution in [0, 0.1) is 58.3 Å². The van der Waals surface area contributed by atoms with Crippen LogP contribution in [0.1, 0.15) is 11.1 Å². The number of para-hydroxylation sites is 7. The zero-order chi connectivity index (χ0) is 78.6. The third-order valence-corrected chi connectivity index (χ3v) is 19.7. The number of hydrogen-bond acceptors (Lipinski definition) is 10. The Morgan fingerprint density at radius 3 is 1.14 bits per heavy atom. The van der Waals surface area contributed by atoms with Gasteiger partial charge in [-0.15, -0.1) is 0 Å². The molecule has 10 heterocycles. The molecular weight excluding hydrogens is 1440 g/mol. The normalized spacial score (nSPS) is 10.9. The molecule has 0 aliphatic carbocycles. The molecule has 0 atom stereocenters. The molecule has 11 aromatic carbocycles. The average molecular weight is 1490 g/mol. The molecule has 0 fully saturated rings. The van der Waals surface area contributed by atoms with Gasteiger partial charge >= 0.3 is 0 Å². The molecule has 0 aliphatic heterocycles. The third kappa shape index (κ3) is 13.6. The molecule has 0 amide bonds. The fourth-order valence-corrected chi connectivity index (χ4v) is 14.1. The van der Waals surface area contributed by atoms with Gasteiger partial charge in [0.05, 0.1) is 61.3 Å². The van der Waals surface area contributed by atoms with Gasteiger partial charge in [0.1, 0.15) is 56.1 Å². The van der Waals surface area contributed by atoms with Crippen molar-refractivity contribution < 1.29 is 30.9 Å². The first-order valence-corrected chi connectivity index (χ1v) is 36.2. The summed E-state index contributed by atoms with van der Waals surface area (Å²) in [5, 5.41) is 8.97. The Bertz CT molecular complexity index is 7570. The van der Waals surface area contributed by atoms with Crippen LogP contribution in [0.2, 0.25) is 0 Å². The lowest BCUT2D eigenvalue weighted by Crippen LogP contribution is -1.86. The molecule has 21 rings (SSSR count). The van der Waals surface area contributed by atoms with Gasteiger partial charge in [-0.05, 0) is 133 Å². The van der Waals surface area contributed by atoms with Crippen LogP contribution < -0.4 is 0 Å². The number of nitrogens with zero attached hydrogens (tertiary/aromatic N) is 10. The van der Waals surface area contributed by atoms with Gasteiger partial charge in [-0.2, -0.15) is 0 Å². The van der Waals surface area contributed by atoms with E-state index in [2.05, 4.69) is 67.3 Å². The van der Waals surface area contributed by atoms with E-state index >= 15 is 0 Å². The van der Waals surface area contributed by atoms with Crippen molar-refractivity contribution in [3.05, 3.63) is 384 Å². The largest absolute Gasteiger partial charge is 0.466 e. The van der Waals surface area contributed by atoms with E-state index < -0.39 is 11.6 Å². The monoisotopic (exact) mass is 1490 g/mol. The van der Waals surface area contributed by atoms with Crippen LogP contribution in [0.3, 0.4) is 0 Å². The van der Waals surface area contributed by atoms with Crippen molar-refractivity contribution in [1.29, 1.82) is 0 Å². The van der Waals surface area contributed by atoms with Crippen LogP contribution in [-0.4, -0.2) is 24.9 Å². The Kier molecular flexibility index (Phi) is 19.2. The van der Waals surface area contributed by atoms with Crippen LogP contribution in [0.25, 0.3) is 201 Å². The highest BCUT2D eigenvalue weighted by atomic mass is 19.1. The van der Waals surface area contributed by atoms with E-state index in [0.29, 0.717) is 55.7 Å². The molecule has 17 heteroatoms. The Labute approximate surface area is 655 Å². The molecule has 0 bridgehead atoms. The zero-order valence-electron chi connectivity index (χ0n) is 61.1. The first-order chi connectivity index (χ1) is 56.4. The van der Waals surface area contributed by atoms with E-state index in [1.165, 1.54) is 18.2 Å². The molecule has 0 N–H and O–H groups in total. The summed E-state index contributed by atoms with van der Waals surface area (Å²) in [4.78, 5) is 39.2. The van der Waals surface area contributed by atoms with Crippen LogP contribution in [0.5, 0.6) is 0 Å². The second-order valence-corrected chi connectivity index (χ2v) is 26.7. The van der Waals surface area contributed by atoms with Gasteiger partial charge in [-0.1, -0.05) is 176 Å². The highest BCUT2D eigenvalue weighted by Gasteiger charge is 2.22. The van der Waals surface area contributed by atoms with Crippen molar-refractivity contribution in [2.45, 2.75) is 13.8 Å². The lowest BCUT2D eigenvalue weighted by Gasteiger charge is -2.06. The summed E-state index contributed by atoms with van der Waals surface area (Å²) in [6, 6.07) is 86.0. The highest BCUT2D eigenvalue weighted by Crippen LogP contribution is 2.45. The molecule has 0 spiro atoms. The smallest absolute Gasteiger partial charge is 0.229 e. The standard InChI is InChI=1S/C24H14N2O.2C19H12N2O.2C18H9FN2O/c1-25-21-12-6-10-19-18-9-5-11-20(23(18)27-24(19)21)22-15-17(13-14-26-22)16-7-3-2-4-8-16;1-12-9-10-16(21-11-12)15-7-3-5-13-14-6-4-8-17(20-2)19(14)22-18(13)15;1-12-6-9-17(21-11-12)16-5-3-4-15-14-8-7-13(20-2)10-18(14)22-19(15)16;1-20-15-9-8-12-11-5-4-6-13(14-7-2-3-10-21-14)17(11)22-18(12)16(15)19;1-20-16-10-17-13(9-14(16)19)11-5-4-6-12(18(11)22-17)15-7-2-3-8-21-15/h2-15H;2*3-11H,1H3;2*2-10H. The van der Waals surface area contributed by atoms with E-state index in [9.17, 15) is 8.78 Å². The van der Waals surface area contributed by atoms with Gasteiger partial charge in [-0.25, -0.2) is 33.0 Å². The fraction of sp³-hybridized carbons (Fsp3) is 0.0204. The summed E-state index contributed by atoms with van der Waals surface area (Å²) in [6.45, 7) is 39.9. The minimum atomic E-state index is -0.615.